The van der Waals surface area contributed by atoms with Gasteiger partial charge >= 0.3 is 0 Å². The Bertz CT molecular complexity index is 376. The normalized spacial score (nSPS) is 13.3. The van der Waals surface area contributed by atoms with Crippen LogP contribution in [-0.2, 0) is 6.54 Å². The minimum absolute atomic E-state index is 0. The van der Waals surface area contributed by atoms with Crippen LogP contribution in [-0.4, -0.2) is 17.0 Å². The van der Waals surface area contributed by atoms with Gasteiger partial charge in [0.1, 0.15) is 5.01 Å². The number of nitrogens with one attached hydrogen (secondary N) is 1. The van der Waals surface area contributed by atoms with Crippen LogP contribution in [0.3, 0.4) is 0 Å². The first-order valence-corrected chi connectivity index (χ1v) is 6.91. The van der Waals surface area contributed by atoms with Crippen molar-refractivity contribution < 1.29 is 0 Å². The minimum atomic E-state index is 0. The highest BCUT2D eigenvalue weighted by Crippen LogP contribution is 2.18. The molecule has 104 valence electrons. The number of aliphatic imine (C=N–C) groups is 1. The zero-order chi connectivity index (χ0) is 12.8. The monoisotopic (exact) mass is 382 g/mol. The number of thiazole rings is 1. The first-order chi connectivity index (χ1) is 8.02. The van der Waals surface area contributed by atoms with Crippen molar-refractivity contribution in [3.05, 3.63) is 16.1 Å². The molecular weight excluding hydrogens is 359 g/mol. The van der Waals surface area contributed by atoms with Crippen molar-refractivity contribution in [2.24, 2.45) is 10.7 Å². The van der Waals surface area contributed by atoms with E-state index in [9.17, 15) is 0 Å². The van der Waals surface area contributed by atoms with Gasteiger partial charge in [0, 0.05) is 11.4 Å². The van der Waals surface area contributed by atoms with E-state index < -0.39 is 0 Å². The number of halogens is 1. The van der Waals surface area contributed by atoms with Crippen molar-refractivity contribution in [3.8, 4) is 0 Å². The molecule has 0 aliphatic rings. The maximum absolute atomic E-state index is 5.78. The highest BCUT2D eigenvalue weighted by molar-refractivity contribution is 14.0. The van der Waals surface area contributed by atoms with Gasteiger partial charge < -0.3 is 11.1 Å². The number of aromatic nitrogens is 1. The van der Waals surface area contributed by atoms with Crippen molar-refractivity contribution in [3.63, 3.8) is 0 Å². The van der Waals surface area contributed by atoms with Crippen LogP contribution < -0.4 is 11.1 Å². The summed E-state index contributed by atoms with van der Waals surface area (Å²) in [5, 5.41) is 6.24. The molecule has 3 N–H and O–H groups in total. The van der Waals surface area contributed by atoms with Crippen LogP contribution in [0.2, 0.25) is 0 Å². The molecule has 1 unspecified atom stereocenters. The Morgan fingerprint density at radius 3 is 2.67 bits per heavy atom. The van der Waals surface area contributed by atoms with Crippen molar-refractivity contribution >= 4 is 41.3 Å². The van der Waals surface area contributed by atoms with Crippen molar-refractivity contribution in [1.82, 2.24) is 10.3 Å². The first-order valence-electron chi connectivity index (χ1n) is 6.03. The summed E-state index contributed by atoms with van der Waals surface area (Å²) in [7, 11) is 0. The minimum Gasteiger partial charge on any atom is -0.370 e. The maximum atomic E-state index is 5.78. The SMILES string of the molecule is CCC(C)NC(N)=NCc1nc(C(C)C)cs1.I. The molecule has 0 saturated carbocycles. The van der Waals surface area contributed by atoms with Crippen LogP contribution in [0.5, 0.6) is 0 Å². The summed E-state index contributed by atoms with van der Waals surface area (Å²) < 4.78 is 0. The third-order valence-corrected chi connectivity index (χ3v) is 3.40. The number of rotatable bonds is 5. The predicted octanol–water partition coefficient (Wildman–Crippen LogP) is 3.09. The molecule has 0 fully saturated rings. The van der Waals surface area contributed by atoms with Crippen molar-refractivity contribution in [1.29, 1.82) is 0 Å². The van der Waals surface area contributed by atoms with E-state index in [4.69, 9.17) is 5.73 Å². The first kappa shape index (κ1) is 17.6. The van der Waals surface area contributed by atoms with Crippen molar-refractivity contribution in [2.75, 3.05) is 0 Å². The molecule has 0 spiro atoms. The third-order valence-electron chi connectivity index (χ3n) is 2.55. The summed E-state index contributed by atoms with van der Waals surface area (Å²) in [6.07, 6.45) is 1.03. The van der Waals surface area contributed by atoms with Gasteiger partial charge in [-0.1, -0.05) is 20.8 Å². The molecule has 0 radical (unpaired) electrons. The number of guanidine groups is 1. The van der Waals surface area contributed by atoms with Gasteiger partial charge in [-0.05, 0) is 19.3 Å². The average molecular weight is 382 g/mol. The van der Waals surface area contributed by atoms with Crippen molar-refractivity contribution in [2.45, 2.75) is 52.6 Å². The quantitative estimate of drug-likeness (QED) is 0.467. The summed E-state index contributed by atoms with van der Waals surface area (Å²) in [5.74, 6) is 0.972. The second kappa shape index (κ2) is 8.68. The molecule has 0 saturated heterocycles. The summed E-state index contributed by atoms with van der Waals surface area (Å²) in [6, 6.07) is 0.362. The molecule has 4 nitrogen and oxygen atoms in total. The standard InChI is InChI=1S/C12H22N4S.HI/c1-5-9(4)15-12(13)14-6-11-16-10(7-17-11)8(2)3;/h7-9H,5-6H2,1-4H3,(H3,13,14,15);1H. The fourth-order valence-electron chi connectivity index (χ4n) is 1.22. The van der Waals surface area contributed by atoms with Crippen LogP contribution in [0.4, 0.5) is 0 Å². The number of nitrogens with zero attached hydrogens (tertiary/aromatic N) is 2. The summed E-state index contributed by atoms with van der Waals surface area (Å²) in [4.78, 5) is 8.80. The van der Waals surface area contributed by atoms with Crippen LogP contribution in [0.25, 0.3) is 0 Å². The lowest BCUT2D eigenvalue weighted by molar-refractivity contribution is 0.636. The van der Waals surface area contributed by atoms with Crippen LogP contribution >= 0.6 is 35.3 Å². The Balaban J connectivity index is 0.00000289. The van der Waals surface area contributed by atoms with Gasteiger partial charge in [0.05, 0.1) is 12.2 Å². The van der Waals surface area contributed by atoms with Crippen LogP contribution in [0.15, 0.2) is 10.4 Å². The zero-order valence-corrected chi connectivity index (χ0v) is 14.6. The smallest absolute Gasteiger partial charge is 0.189 e. The molecule has 0 aliphatic carbocycles. The van der Waals surface area contributed by atoms with E-state index in [0.717, 1.165) is 17.1 Å². The topological polar surface area (TPSA) is 63.3 Å². The van der Waals surface area contributed by atoms with Gasteiger partial charge in [-0.3, -0.25) is 0 Å². The largest absolute Gasteiger partial charge is 0.370 e. The maximum Gasteiger partial charge on any atom is 0.189 e. The fourth-order valence-corrected chi connectivity index (χ4v) is 2.09. The van der Waals surface area contributed by atoms with E-state index in [2.05, 4.69) is 48.4 Å². The predicted molar refractivity (Wildman–Crippen MR) is 89.8 cm³/mol. The van der Waals surface area contributed by atoms with Crippen LogP contribution in [0, 0.1) is 0 Å². The van der Waals surface area contributed by atoms with E-state index in [-0.39, 0.29) is 24.0 Å². The lowest BCUT2D eigenvalue weighted by Gasteiger charge is -2.11. The fraction of sp³-hybridized carbons (Fsp3) is 0.667. The molecule has 1 heterocycles. The lowest BCUT2D eigenvalue weighted by Crippen LogP contribution is -2.38. The molecule has 1 rings (SSSR count). The molecule has 0 bridgehead atoms. The lowest BCUT2D eigenvalue weighted by atomic mass is 10.2. The number of hydrogen-bond acceptors (Lipinski definition) is 3. The van der Waals surface area contributed by atoms with Crippen LogP contribution in [0.1, 0.15) is 50.7 Å². The summed E-state index contributed by atoms with van der Waals surface area (Å²) in [5.41, 5.74) is 6.91. The second-order valence-electron chi connectivity index (χ2n) is 4.48. The van der Waals surface area contributed by atoms with Gasteiger partial charge in [0.15, 0.2) is 5.96 Å². The van der Waals surface area contributed by atoms with E-state index >= 15 is 0 Å². The molecular formula is C12H23IN4S. The molecule has 6 heteroatoms. The highest BCUT2D eigenvalue weighted by Gasteiger charge is 2.05. The molecule has 1 atom stereocenters. The summed E-state index contributed by atoms with van der Waals surface area (Å²) >= 11 is 1.64. The average Bonchev–Trinajstić information content (AvgIpc) is 2.75. The zero-order valence-electron chi connectivity index (χ0n) is 11.4. The van der Waals surface area contributed by atoms with Gasteiger partial charge in [0.25, 0.3) is 0 Å². The molecule has 0 aliphatic heterocycles. The Morgan fingerprint density at radius 2 is 2.17 bits per heavy atom. The highest BCUT2D eigenvalue weighted by atomic mass is 127. The molecule has 1 aromatic heterocycles. The Hall–Kier alpha value is -0.370. The molecule has 0 aromatic carbocycles. The molecule has 0 amide bonds. The van der Waals surface area contributed by atoms with E-state index in [1.54, 1.807) is 11.3 Å². The second-order valence-corrected chi connectivity index (χ2v) is 5.42. The van der Waals surface area contributed by atoms with E-state index in [0.29, 0.717) is 24.5 Å². The number of hydrogen-bond donors (Lipinski definition) is 2. The van der Waals surface area contributed by atoms with Gasteiger partial charge in [-0.25, -0.2) is 9.98 Å². The van der Waals surface area contributed by atoms with Gasteiger partial charge in [0.2, 0.25) is 0 Å². The van der Waals surface area contributed by atoms with E-state index in [1.807, 2.05) is 0 Å². The van der Waals surface area contributed by atoms with E-state index in [1.165, 1.54) is 0 Å². The van der Waals surface area contributed by atoms with Gasteiger partial charge in [-0.2, -0.15) is 0 Å². The third kappa shape index (κ3) is 5.99. The number of nitrogens with two attached hydrogens (primary N) is 1. The summed E-state index contributed by atoms with van der Waals surface area (Å²) in [6.45, 7) is 9.04. The van der Waals surface area contributed by atoms with Gasteiger partial charge in [-0.15, -0.1) is 35.3 Å². The Morgan fingerprint density at radius 1 is 1.50 bits per heavy atom. The molecule has 1 aromatic rings. The Labute approximate surface area is 131 Å². The Kier molecular flexibility index (Phi) is 8.51. The molecule has 18 heavy (non-hydrogen) atoms.